The fraction of sp³-hybridized carbons (Fsp3) is 0.500. The van der Waals surface area contributed by atoms with Gasteiger partial charge in [0, 0.05) is 13.1 Å². The molecule has 1 fully saturated rings. The Morgan fingerprint density at radius 2 is 2.00 bits per heavy atom. The number of benzene rings is 1. The van der Waals surface area contributed by atoms with Gasteiger partial charge in [0.15, 0.2) is 12.4 Å². The van der Waals surface area contributed by atoms with Gasteiger partial charge in [-0.05, 0) is 19.1 Å². The van der Waals surface area contributed by atoms with Crippen LogP contribution in [0.3, 0.4) is 0 Å². The van der Waals surface area contributed by atoms with Crippen LogP contribution in [0.4, 0.5) is 0 Å². The van der Waals surface area contributed by atoms with E-state index in [1.165, 1.54) is 6.66 Å². The van der Waals surface area contributed by atoms with Crippen LogP contribution in [0.2, 0.25) is 0 Å². The smallest absolute Gasteiger partial charge is 0.338 e. The monoisotopic (exact) mass is 372 g/mol. The number of carbonyl (C=O) groups excluding carboxylic acids is 1. The summed E-state index contributed by atoms with van der Waals surface area (Å²) in [6, 6.07) is 8.24. The maximum Gasteiger partial charge on any atom is 0.338 e. The fourth-order valence-electron chi connectivity index (χ4n) is 2.36. The van der Waals surface area contributed by atoms with Crippen molar-refractivity contribution in [2.45, 2.75) is 31.8 Å². The zero-order chi connectivity index (χ0) is 18.4. The zero-order valence-corrected chi connectivity index (χ0v) is 14.9. The van der Waals surface area contributed by atoms with Gasteiger partial charge in [-0.25, -0.2) is 9.59 Å². The summed E-state index contributed by atoms with van der Waals surface area (Å²) in [6.07, 6.45) is -3.47. The minimum absolute atomic E-state index is 0.0294. The van der Waals surface area contributed by atoms with Gasteiger partial charge < -0.3 is 23.8 Å². The van der Waals surface area contributed by atoms with Gasteiger partial charge in [0.2, 0.25) is 7.37 Å². The molecule has 0 aromatic heterocycles. The van der Waals surface area contributed by atoms with Crippen LogP contribution in [-0.4, -0.2) is 55.2 Å². The van der Waals surface area contributed by atoms with Crippen LogP contribution in [0.25, 0.3) is 0 Å². The van der Waals surface area contributed by atoms with Crippen molar-refractivity contribution in [2.24, 2.45) is 0 Å². The van der Waals surface area contributed by atoms with E-state index in [-0.39, 0.29) is 19.4 Å². The number of ether oxygens (including phenoxy) is 3. The molecule has 0 saturated carbocycles. The predicted octanol–water partition coefficient (Wildman–Crippen LogP) is 2.33. The van der Waals surface area contributed by atoms with Crippen LogP contribution in [0.5, 0.6) is 0 Å². The topological polar surface area (TPSA) is 108 Å². The minimum atomic E-state index is -2.94. The Kier molecular flexibility index (Phi) is 6.72. The molecule has 1 aromatic rings. The predicted molar refractivity (Wildman–Crippen MR) is 87.7 cm³/mol. The molecular weight excluding hydrogens is 351 g/mol. The molecule has 1 aliphatic heterocycles. The van der Waals surface area contributed by atoms with Crippen LogP contribution in [0.15, 0.2) is 30.3 Å². The molecule has 1 aromatic carbocycles. The normalized spacial score (nSPS) is 25.3. The number of rotatable bonds is 8. The summed E-state index contributed by atoms with van der Waals surface area (Å²) in [5.74, 6) is -1.90. The molecule has 0 radical (unpaired) electrons. The maximum atomic E-state index is 12.1. The molecule has 1 saturated heterocycles. The second-order valence-corrected chi connectivity index (χ2v) is 8.14. The van der Waals surface area contributed by atoms with E-state index in [2.05, 4.69) is 0 Å². The van der Waals surface area contributed by atoms with E-state index in [9.17, 15) is 19.3 Å². The Balaban J connectivity index is 1.97. The standard InChI is InChI=1S/C16H21O8P/c1-3-22-25(2,20)10-21-13-9-12(14(24-13)15(17)18)23-16(19)11-7-5-4-6-8-11/h4-8,12-14H,3,9-10H2,1-2H3,(H,17,18)/t12-,13-,14+,25?/m0/s1. The summed E-state index contributed by atoms with van der Waals surface area (Å²) in [5.41, 5.74) is 0.311. The third-order valence-electron chi connectivity index (χ3n) is 3.47. The van der Waals surface area contributed by atoms with E-state index in [1.54, 1.807) is 37.3 Å². The lowest BCUT2D eigenvalue weighted by Crippen LogP contribution is -2.34. The fourth-order valence-corrected chi connectivity index (χ4v) is 3.42. The molecule has 0 bridgehead atoms. The van der Waals surface area contributed by atoms with Gasteiger partial charge in [0.05, 0.1) is 12.2 Å². The second kappa shape index (κ2) is 8.58. The number of carbonyl (C=O) groups is 2. The van der Waals surface area contributed by atoms with E-state index in [0.717, 1.165) is 0 Å². The maximum absolute atomic E-state index is 12.1. The SMILES string of the molecule is CCOP(C)(=O)CO[C@@H]1C[C@H](OC(=O)c2ccccc2)[C@H](C(=O)O)O1. The first kappa shape index (κ1) is 19.6. The Morgan fingerprint density at radius 1 is 1.32 bits per heavy atom. The van der Waals surface area contributed by atoms with Gasteiger partial charge in [-0.3, -0.25) is 4.57 Å². The number of hydrogen-bond donors (Lipinski definition) is 1. The molecule has 4 atom stereocenters. The van der Waals surface area contributed by atoms with Crippen molar-refractivity contribution in [3.05, 3.63) is 35.9 Å². The first-order valence-electron chi connectivity index (χ1n) is 7.79. The lowest BCUT2D eigenvalue weighted by Gasteiger charge is -2.16. The van der Waals surface area contributed by atoms with Crippen molar-refractivity contribution in [3.63, 3.8) is 0 Å². The number of carboxylic acids is 1. The molecule has 25 heavy (non-hydrogen) atoms. The Hall–Kier alpha value is -1.73. The highest BCUT2D eigenvalue weighted by Crippen LogP contribution is 2.43. The van der Waals surface area contributed by atoms with E-state index >= 15 is 0 Å². The first-order valence-corrected chi connectivity index (χ1v) is 10.0. The molecule has 1 unspecified atom stereocenters. The molecule has 1 aliphatic rings. The first-order chi connectivity index (χ1) is 11.8. The lowest BCUT2D eigenvalue weighted by atomic mass is 10.1. The van der Waals surface area contributed by atoms with Gasteiger partial charge in [-0.15, -0.1) is 0 Å². The molecule has 0 spiro atoms. The summed E-state index contributed by atoms with van der Waals surface area (Å²) in [6.45, 7) is 3.41. The molecule has 0 aliphatic carbocycles. The molecule has 0 amide bonds. The summed E-state index contributed by atoms with van der Waals surface area (Å²) in [5, 5.41) is 9.25. The molecule has 2 rings (SSSR count). The largest absolute Gasteiger partial charge is 0.479 e. The second-order valence-electron chi connectivity index (χ2n) is 5.60. The Morgan fingerprint density at radius 3 is 2.60 bits per heavy atom. The van der Waals surface area contributed by atoms with Crippen molar-refractivity contribution in [3.8, 4) is 0 Å². The molecular formula is C16H21O8P. The van der Waals surface area contributed by atoms with E-state index in [0.29, 0.717) is 5.56 Å². The van der Waals surface area contributed by atoms with Gasteiger partial charge in [0.1, 0.15) is 12.5 Å². The number of carboxylic acid groups (broad SMARTS) is 1. The number of hydrogen-bond acceptors (Lipinski definition) is 7. The average Bonchev–Trinajstić information content (AvgIpc) is 2.97. The van der Waals surface area contributed by atoms with Crippen LogP contribution < -0.4 is 0 Å². The van der Waals surface area contributed by atoms with E-state index in [4.69, 9.17) is 18.7 Å². The summed E-state index contributed by atoms with van der Waals surface area (Å²) in [4.78, 5) is 23.4. The van der Waals surface area contributed by atoms with Crippen molar-refractivity contribution >= 4 is 19.3 Å². The highest BCUT2D eigenvalue weighted by molar-refractivity contribution is 7.57. The number of esters is 1. The molecule has 8 nitrogen and oxygen atoms in total. The zero-order valence-electron chi connectivity index (χ0n) is 14.0. The van der Waals surface area contributed by atoms with Crippen LogP contribution in [-0.2, 0) is 28.1 Å². The average molecular weight is 372 g/mol. The Labute approximate surface area is 145 Å². The third kappa shape index (κ3) is 5.64. The quantitative estimate of drug-likeness (QED) is 0.547. The molecule has 1 heterocycles. The van der Waals surface area contributed by atoms with Crippen LogP contribution in [0.1, 0.15) is 23.7 Å². The van der Waals surface area contributed by atoms with E-state index in [1.807, 2.05) is 0 Å². The van der Waals surface area contributed by atoms with Crippen molar-refractivity contribution in [1.82, 2.24) is 0 Å². The minimum Gasteiger partial charge on any atom is -0.479 e. The van der Waals surface area contributed by atoms with Gasteiger partial charge in [0.25, 0.3) is 0 Å². The van der Waals surface area contributed by atoms with Crippen molar-refractivity contribution < 1.29 is 38.0 Å². The summed E-state index contributed by atoms with van der Waals surface area (Å²) < 4.78 is 33.0. The lowest BCUT2D eigenvalue weighted by molar-refractivity contribution is -0.168. The third-order valence-corrected chi connectivity index (χ3v) is 4.89. The summed E-state index contributed by atoms with van der Waals surface area (Å²) >= 11 is 0. The van der Waals surface area contributed by atoms with Gasteiger partial charge >= 0.3 is 11.9 Å². The van der Waals surface area contributed by atoms with Crippen LogP contribution in [0, 0.1) is 0 Å². The molecule has 1 N–H and O–H groups in total. The molecule has 9 heteroatoms. The molecule has 138 valence electrons. The Bertz CT molecular complexity index is 647. The summed E-state index contributed by atoms with van der Waals surface area (Å²) in [7, 11) is -2.94. The van der Waals surface area contributed by atoms with Gasteiger partial charge in [-0.2, -0.15) is 0 Å². The van der Waals surface area contributed by atoms with Gasteiger partial charge in [-0.1, -0.05) is 18.2 Å². The highest BCUT2D eigenvalue weighted by Gasteiger charge is 2.43. The van der Waals surface area contributed by atoms with Crippen LogP contribution >= 0.6 is 7.37 Å². The van der Waals surface area contributed by atoms with Crippen molar-refractivity contribution in [1.29, 1.82) is 0 Å². The van der Waals surface area contributed by atoms with E-state index < -0.39 is 37.8 Å². The van der Waals surface area contributed by atoms with Crippen molar-refractivity contribution in [2.75, 3.05) is 19.6 Å². The highest BCUT2D eigenvalue weighted by atomic mass is 31.2. The number of aliphatic carboxylic acids is 1.